The molecule has 0 saturated carbocycles. The minimum atomic E-state index is -0.695. The molecule has 27 heavy (non-hydrogen) atoms. The van der Waals surface area contributed by atoms with E-state index in [1.807, 2.05) is 6.92 Å². The molecule has 0 aliphatic heterocycles. The van der Waals surface area contributed by atoms with Crippen LogP contribution in [0.5, 0.6) is 0 Å². The van der Waals surface area contributed by atoms with Gasteiger partial charge in [0.15, 0.2) is 5.82 Å². The minimum Gasteiger partial charge on any atom is -0.394 e. The lowest BCUT2D eigenvalue weighted by Crippen LogP contribution is -2.17. The van der Waals surface area contributed by atoms with E-state index in [1.54, 1.807) is 6.07 Å². The van der Waals surface area contributed by atoms with Gasteiger partial charge in [-0.1, -0.05) is 12.1 Å². The number of pyridine rings is 1. The van der Waals surface area contributed by atoms with Crippen molar-refractivity contribution in [3.63, 3.8) is 0 Å². The number of hydrogen-bond donors (Lipinski definition) is 4. The molecule has 0 spiro atoms. The van der Waals surface area contributed by atoms with Crippen LogP contribution in [0.1, 0.15) is 17.3 Å². The second-order valence-corrected chi connectivity index (χ2v) is 5.81. The molecule has 0 amide bonds. The summed E-state index contributed by atoms with van der Waals surface area (Å²) in [4.78, 5) is 15.0. The number of aliphatic hydroxyl groups is 1. The molecule has 0 aliphatic carbocycles. The van der Waals surface area contributed by atoms with Crippen LogP contribution in [0.15, 0.2) is 42.5 Å². The van der Waals surface area contributed by atoms with Crippen molar-refractivity contribution >= 4 is 23.1 Å². The lowest BCUT2D eigenvalue weighted by atomic mass is 10.1. The molecular formula is C17H17FN6O3. The zero-order valence-electron chi connectivity index (χ0n) is 14.3. The van der Waals surface area contributed by atoms with E-state index < -0.39 is 16.8 Å². The summed E-state index contributed by atoms with van der Waals surface area (Å²) in [7, 11) is 0. The molecular weight excluding hydrogens is 355 g/mol. The zero-order valence-corrected chi connectivity index (χ0v) is 14.3. The van der Waals surface area contributed by atoms with Gasteiger partial charge in [-0.25, -0.2) is 9.37 Å². The quantitative estimate of drug-likeness (QED) is 0.370. The first kappa shape index (κ1) is 18.3. The number of nitrogens with one attached hydrogen (secondary N) is 3. The highest BCUT2D eigenvalue weighted by Crippen LogP contribution is 2.29. The van der Waals surface area contributed by atoms with Gasteiger partial charge in [0, 0.05) is 17.8 Å². The molecule has 10 heteroatoms. The van der Waals surface area contributed by atoms with Crippen molar-refractivity contribution in [1.29, 1.82) is 0 Å². The summed E-state index contributed by atoms with van der Waals surface area (Å²) in [6, 6.07) is 9.30. The maximum atomic E-state index is 13.1. The number of nitro groups is 1. The Morgan fingerprint density at radius 2 is 2.00 bits per heavy atom. The molecule has 2 aromatic heterocycles. The molecule has 0 bridgehead atoms. The predicted molar refractivity (Wildman–Crippen MR) is 97.3 cm³/mol. The molecule has 3 aromatic rings. The maximum absolute atomic E-state index is 13.1. The molecule has 2 heterocycles. The second kappa shape index (κ2) is 7.79. The van der Waals surface area contributed by atoms with Crippen molar-refractivity contribution in [3.8, 4) is 0 Å². The number of hydrogen-bond acceptors (Lipinski definition) is 7. The summed E-state index contributed by atoms with van der Waals surface area (Å²) in [5.74, 6) is 0.406. The first-order valence-corrected chi connectivity index (χ1v) is 8.03. The van der Waals surface area contributed by atoms with Crippen LogP contribution < -0.4 is 10.6 Å². The minimum absolute atomic E-state index is 0.0272. The van der Waals surface area contributed by atoms with E-state index in [1.165, 1.54) is 36.4 Å². The van der Waals surface area contributed by atoms with Crippen LogP contribution in [-0.4, -0.2) is 31.8 Å². The fraction of sp³-hybridized carbons (Fsp3) is 0.176. The average Bonchev–Trinajstić information content (AvgIpc) is 3.05. The van der Waals surface area contributed by atoms with Crippen LogP contribution in [0.25, 0.3) is 0 Å². The molecule has 4 N–H and O–H groups in total. The predicted octanol–water partition coefficient (Wildman–Crippen LogP) is 3.05. The first-order valence-electron chi connectivity index (χ1n) is 8.03. The Morgan fingerprint density at radius 3 is 2.59 bits per heavy atom. The third-order valence-corrected chi connectivity index (χ3v) is 3.80. The zero-order chi connectivity index (χ0) is 19.4. The highest BCUT2D eigenvalue weighted by molar-refractivity contribution is 5.63. The van der Waals surface area contributed by atoms with Crippen molar-refractivity contribution in [2.75, 3.05) is 17.2 Å². The summed E-state index contributed by atoms with van der Waals surface area (Å²) in [6.45, 7) is 1.48. The van der Waals surface area contributed by atoms with E-state index in [0.29, 0.717) is 17.2 Å². The van der Waals surface area contributed by atoms with Crippen LogP contribution in [0.2, 0.25) is 0 Å². The third kappa shape index (κ3) is 4.36. The van der Waals surface area contributed by atoms with Crippen LogP contribution in [0.4, 0.5) is 27.5 Å². The van der Waals surface area contributed by atoms with Gasteiger partial charge < -0.3 is 15.7 Å². The van der Waals surface area contributed by atoms with E-state index in [2.05, 4.69) is 25.8 Å². The maximum Gasteiger partial charge on any atom is 0.311 e. The lowest BCUT2D eigenvalue weighted by Gasteiger charge is -2.18. The molecule has 0 aliphatic rings. The van der Waals surface area contributed by atoms with Crippen molar-refractivity contribution in [1.82, 2.24) is 15.2 Å². The standard InChI is InChI=1S/C17H17FN6O3/c1-10-8-16(23-22-10)20-15-7-6-14(24(26)27)17(21-15)19-13(9-25)11-2-4-12(18)5-3-11/h2-8,13,25H,9H2,1H3,(H3,19,20,21,22,23). The summed E-state index contributed by atoms with van der Waals surface area (Å²) in [5.41, 5.74) is 1.16. The van der Waals surface area contributed by atoms with Gasteiger partial charge in [0.2, 0.25) is 5.82 Å². The molecule has 9 nitrogen and oxygen atoms in total. The fourth-order valence-electron chi connectivity index (χ4n) is 2.48. The fourth-order valence-corrected chi connectivity index (χ4v) is 2.48. The highest BCUT2D eigenvalue weighted by Gasteiger charge is 2.20. The molecule has 3 rings (SSSR count). The largest absolute Gasteiger partial charge is 0.394 e. The van der Waals surface area contributed by atoms with Gasteiger partial charge in [0.1, 0.15) is 11.6 Å². The van der Waals surface area contributed by atoms with E-state index in [-0.39, 0.29) is 18.1 Å². The molecule has 0 saturated heterocycles. The van der Waals surface area contributed by atoms with E-state index in [4.69, 9.17) is 0 Å². The van der Waals surface area contributed by atoms with Crippen LogP contribution in [0.3, 0.4) is 0 Å². The summed E-state index contributed by atoms with van der Waals surface area (Å²) >= 11 is 0. The van der Waals surface area contributed by atoms with Gasteiger partial charge in [-0.3, -0.25) is 15.2 Å². The van der Waals surface area contributed by atoms with E-state index >= 15 is 0 Å². The Balaban J connectivity index is 1.89. The summed E-state index contributed by atoms with van der Waals surface area (Å²) < 4.78 is 13.1. The third-order valence-electron chi connectivity index (χ3n) is 3.80. The highest BCUT2D eigenvalue weighted by atomic mass is 19.1. The number of nitrogens with zero attached hydrogens (tertiary/aromatic N) is 3. The lowest BCUT2D eigenvalue weighted by molar-refractivity contribution is -0.384. The van der Waals surface area contributed by atoms with Gasteiger partial charge in [-0.05, 0) is 30.7 Å². The molecule has 1 unspecified atom stereocenters. The number of aromatic amines is 1. The van der Waals surface area contributed by atoms with Gasteiger partial charge in [0.05, 0.1) is 17.6 Å². The van der Waals surface area contributed by atoms with Crippen molar-refractivity contribution < 1.29 is 14.4 Å². The van der Waals surface area contributed by atoms with Crippen molar-refractivity contribution in [2.45, 2.75) is 13.0 Å². The van der Waals surface area contributed by atoms with E-state index in [0.717, 1.165) is 5.69 Å². The number of H-pyrrole nitrogens is 1. The van der Waals surface area contributed by atoms with Crippen LogP contribution in [-0.2, 0) is 0 Å². The normalized spacial score (nSPS) is 11.8. The smallest absolute Gasteiger partial charge is 0.311 e. The van der Waals surface area contributed by atoms with Gasteiger partial charge in [-0.2, -0.15) is 5.10 Å². The summed E-state index contributed by atoms with van der Waals surface area (Å²) in [6.07, 6.45) is 0. The number of halogens is 1. The molecule has 140 valence electrons. The SMILES string of the molecule is Cc1cc(Nc2ccc([N+](=O)[O-])c(NC(CO)c3ccc(F)cc3)n2)n[nH]1. The number of rotatable bonds is 7. The Morgan fingerprint density at radius 1 is 1.26 bits per heavy atom. The number of aryl methyl sites for hydroxylation is 1. The Kier molecular flexibility index (Phi) is 5.27. The number of aliphatic hydroxyl groups excluding tert-OH is 1. The molecule has 0 fully saturated rings. The van der Waals surface area contributed by atoms with Gasteiger partial charge in [0.25, 0.3) is 0 Å². The van der Waals surface area contributed by atoms with Crippen LogP contribution in [0, 0.1) is 22.9 Å². The molecule has 0 radical (unpaired) electrons. The van der Waals surface area contributed by atoms with E-state index in [9.17, 15) is 19.6 Å². The van der Waals surface area contributed by atoms with Gasteiger partial charge >= 0.3 is 5.69 Å². The molecule has 1 atom stereocenters. The monoisotopic (exact) mass is 372 g/mol. The Bertz CT molecular complexity index is 944. The second-order valence-electron chi connectivity index (χ2n) is 5.81. The van der Waals surface area contributed by atoms with Crippen molar-refractivity contribution in [2.24, 2.45) is 0 Å². The average molecular weight is 372 g/mol. The summed E-state index contributed by atoms with van der Waals surface area (Å²) in [5, 5.41) is 33.6. The first-order chi connectivity index (χ1) is 13.0. The van der Waals surface area contributed by atoms with Gasteiger partial charge in [-0.15, -0.1) is 0 Å². The topological polar surface area (TPSA) is 129 Å². The van der Waals surface area contributed by atoms with Crippen molar-refractivity contribution in [3.05, 3.63) is 69.7 Å². The Hall–Kier alpha value is -3.53. The number of anilines is 3. The van der Waals surface area contributed by atoms with Crippen LogP contribution >= 0.6 is 0 Å². The number of benzene rings is 1. The number of aromatic nitrogens is 3. The Labute approximate surface area is 153 Å². The molecule has 1 aromatic carbocycles.